The van der Waals surface area contributed by atoms with Crippen molar-refractivity contribution >= 4 is 24.1 Å². The summed E-state index contributed by atoms with van der Waals surface area (Å²) in [5, 5.41) is 162. The highest BCUT2D eigenvalue weighted by atomic mass is 16.8. The number of esters is 2. The van der Waals surface area contributed by atoms with Crippen molar-refractivity contribution in [1.82, 2.24) is 0 Å². The van der Waals surface area contributed by atoms with Crippen molar-refractivity contribution in [2.24, 2.45) is 0 Å². The predicted octanol–water partition coefficient (Wildman–Crippen LogP) is -2.92. The molecule has 9 rings (SSSR count). The minimum Gasteiger partial charge on any atom is -0.508 e. The van der Waals surface area contributed by atoms with Gasteiger partial charge < -0.3 is 138 Å². The van der Waals surface area contributed by atoms with Gasteiger partial charge in [0.15, 0.2) is 58.6 Å². The number of hydrogen-bond donors (Lipinski definition) is 15. The molecular weight excluding hydrogens is 1200 g/mol. The van der Waals surface area contributed by atoms with Gasteiger partial charge in [0.25, 0.3) is 0 Å². The molecule has 4 saturated heterocycles. The lowest BCUT2D eigenvalue weighted by Gasteiger charge is -2.46. The van der Waals surface area contributed by atoms with E-state index in [4.69, 9.17) is 61.3 Å². The van der Waals surface area contributed by atoms with Crippen LogP contribution in [-0.2, 0) is 47.5 Å². The minimum absolute atomic E-state index is 0.0907. The van der Waals surface area contributed by atoms with Gasteiger partial charge in [0.05, 0.1) is 33.0 Å². The molecule has 5 aliphatic heterocycles. The third-order valence-corrected chi connectivity index (χ3v) is 15.0. The van der Waals surface area contributed by atoms with Gasteiger partial charge in [0.2, 0.25) is 12.6 Å². The van der Waals surface area contributed by atoms with Crippen LogP contribution in [0.15, 0.2) is 100 Å². The maximum atomic E-state index is 13.4. The van der Waals surface area contributed by atoms with Crippen LogP contribution in [0.1, 0.15) is 11.1 Å². The number of ether oxygens (including phenoxy) is 12. The van der Waals surface area contributed by atoms with Crippen LogP contribution in [0, 0.1) is 0 Å². The Morgan fingerprint density at radius 3 is 1.49 bits per heavy atom. The second-order valence-electron chi connectivity index (χ2n) is 21.0. The number of aliphatic hydroxyl groups is 12. The molecule has 4 fully saturated rings. The molecule has 0 bridgehead atoms. The highest BCUT2D eigenvalue weighted by Gasteiger charge is 2.54. The summed E-state index contributed by atoms with van der Waals surface area (Å²) in [6, 6.07) is 16.7. The normalized spacial score (nSPS) is 32.2. The summed E-state index contributed by atoms with van der Waals surface area (Å²) >= 11 is 0. The van der Waals surface area contributed by atoms with E-state index in [-0.39, 0.29) is 51.4 Å². The molecular formula is C59H66O31. The molecule has 31 heteroatoms. The Bertz CT molecular complexity index is 3330. The number of phenolic OH excluding ortho intramolecular Hbond substituents is 3. The molecule has 488 valence electrons. The number of carbonyl (C=O) groups excluding carboxylic acids is 2. The number of carbonyl (C=O) groups is 2. The zero-order valence-electron chi connectivity index (χ0n) is 47.4. The van der Waals surface area contributed by atoms with E-state index >= 15 is 0 Å². The Kier molecular flexibility index (Phi) is 21.6. The summed E-state index contributed by atoms with van der Waals surface area (Å²) in [7, 11) is 2.63. The zero-order chi connectivity index (χ0) is 64.8. The fourth-order valence-corrected chi connectivity index (χ4v) is 10.0. The number of hydrogen-bond acceptors (Lipinski definition) is 31. The third kappa shape index (κ3) is 14.9. The van der Waals surface area contributed by atoms with Crippen molar-refractivity contribution < 1.29 is 147 Å². The van der Waals surface area contributed by atoms with E-state index in [1.165, 1.54) is 93.1 Å². The topological polar surface area (TPSA) is 479 Å². The van der Waals surface area contributed by atoms with Crippen molar-refractivity contribution in [3.8, 4) is 62.9 Å². The molecule has 90 heavy (non-hydrogen) atoms. The first-order valence-corrected chi connectivity index (χ1v) is 27.6. The maximum Gasteiger partial charge on any atom is 0.330 e. The van der Waals surface area contributed by atoms with Gasteiger partial charge in [-0.25, -0.2) is 9.59 Å². The van der Waals surface area contributed by atoms with E-state index in [9.17, 15) is 91.0 Å². The largest absolute Gasteiger partial charge is 0.508 e. The van der Waals surface area contributed by atoms with Gasteiger partial charge in [0, 0.05) is 29.8 Å². The number of phenols is 3. The average Bonchev–Trinajstić information content (AvgIpc) is 0.790. The van der Waals surface area contributed by atoms with Crippen molar-refractivity contribution in [3.05, 3.63) is 112 Å². The highest BCUT2D eigenvalue weighted by molar-refractivity contribution is 5.88. The Morgan fingerprint density at radius 2 is 0.944 bits per heavy atom. The van der Waals surface area contributed by atoms with Gasteiger partial charge in [-0.05, 0) is 77.9 Å². The average molecular weight is 1270 g/mol. The molecule has 5 heterocycles. The van der Waals surface area contributed by atoms with Crippen LogP contribution in [0.3, 0.4) is 0 Å². The molecule has 0 spiro atoms. The fourth-order valence-electron chi connectivity index (χ4n) is 10.0. The van der Waals surface area contributed by atoms with E-state index < -0.39 is 178 Å². The summed E-state index contributed by atoms with van der Waals surface area (Å²) in [5.41, 5.74) is -0.0575. The predicted molar refractivity (Wildman–Crippen MR) is 298 cm³/mol. The molecule has 15 N–H and O–H groups in total. The molecule has 0 saturated carbocycles. The van der Waals surface area contributed by atoms with E-state index in [0.29, 0.717) is 11.1 Å². The SMILES string of the molecule is COc1cc(C=CC(=O)OC[C@H]2O[C@@H](O[C@H]3[C@H](Oc4cc5c(O[C@@H]6O[C@H](CO)[C@@H](O[C@@H]7O[C@H](CO)[C@@H](O)[C@H](O)[C@H]7O)[C@H](O)[C@H]6O)cc(=O)cc-5oc4-c4ccc(O)cc4)O[C@H](COC(=O)C=Cc4ccc(O)c(OC)c4)[C@@H](O)[C@@H]3O)[C@H](O)[C@@H](O)[C@@H]2O)ccc1O. The molecule has 0 amide bonds. The Labute approximate surface area is 508 Å². The first kappa shape index (κ1) is 66.8. The van der Waals surface area contributed by atoms with Crippen LogP contribution in [0.25, 0.3) is 34.8 Å². The summed E-state index contributed by atoms with van der Waals surface area (Å²) in [6.45, 7) is -3.42. The monoisotopic (exact) mass is 1270 g/mol. The molecule has 20 atom stereocenters. The lowest BCUT2D eigenvalue weighted by Crippen LogP contribution is -2.65. The Balaban J connectivity index is 1.02. The smallest absolute Gasteiger partial charge is 0.330 e. The third-order valence-electron chi connectivity index (χ3n) is 15.0. The van der Waals surface area contributed by atoms with Gasteiger partial charge in [-0.2, -0.15) is 0 Å². The summed E-state index contributed by atoms with van der Waals surface area (Å²) < 4.78 is 74.7. The van der Waals surface area contributed by atoms with Gasteiger partial charge in [-0.3, -0.25) is 4.79 Å². The van der Waals surface area contributed by atoms with Crippen LogP contribution < -0.4 is 24.4 Å². The molecule has 0 aromatic heterocycles. The first-order valence-electron chi connectivity index (χ1n) is 27.6. The van der Waals surface area contributed by atoms with Gasteiger partial charge in [-0.1, -0.05) is 12.1 Å². The zero-order valence-corrected chi connectivity index (χ0v) is 47.4. The van der Waals surface area contributed by atoms with Gasteiger partial charge in [0.1, 0.15) is 122 Å². The number of fused-ring (bicyclic) bond motifs is 1. The fraction of sp³-hybridized carbons (Fsp3) is 0.441. The van der Waals surface area contributed by atoms with Crippen LogP contribution in [-0.4, -0.2) is 252 Å². The lowest BCUT2D eigenvalue weighted by atomic mass is 9.97. The Morgan fingerprint density at radius 1 is 0.478 bits per heavy atom. The van der Waals surface area contributed by atoms with Crippen LogP contribution in [0.5, 0.6) is 40.2 Å². The highest BCUT2D eigenvalue weighted by Crippen LogP contribution is 2.44. The molecule has 6 aliphatic rings. The van der Waals surface area contributed by atoms with Crippen LogP contribution in [0.2, 0.25) is 0 Å². The van der Waals surface area contributed by atoms with Crippen molar-refractivity contribution in [3.63, 3.8) is 0 Å². The van der Waals surface area contributed by atoms with Gasteiger partial charge >= 0.3 is 11.9 Å². The maximum absolute atomic E-state index is 13.4. The summed E-state index contributed by atoms with van der Waals surface area (Å²) in [5.74, 6) is -3.79. The van der Waals surface area contributed by atoms with Crippen molar-refractivity contribution in [1.29, 1.82) is 0 Å². The number of benzene rings is 4. The quantitative estimate of drug-likeness (QED) is 0.0258. The first-order chi connectivity index (χ1) is 43.0. The van der Waals surface area contributed by atoms with Crippen LogP contribution >= 0.6 is 0 Å². The van der Waals surface area contributed by atoms with Crippen LogP contribution in [0.4, 0.5) is 0 Å². The summed E-state index contributed by atoms with van der Waals surface area (Å²) in [4.78, 5) is 39.5. The summed E-state index contributed by atoms with van der Waals surface area (Å²) in [6.07, 6.45) is -34.0. The van der Waals surface area contributed by atoms with Crippen molar-refractivity contribution in [2.45, 2.75) is 123 Å². The number of aliphatic hydroxyl groups excluding tert-OH is 12. The molecule has 3 aromatic rings. The standard InChI is InChI=1S/C59H66O31/c1-78-34-15-24(3-11-30(34)64)5-13-41(66)80-22-39-44(69)47(72)51(76)58(87-39)90-55-48(73)45(70)40(23-81-42(67)14-6-25-4-12-31(65)35(16-25)79-2)88-59(55)84-36-19-29-32(82-53(36)26-7-9-27(62)10-8-26)17-28(63)18-33(29)83-56-52(77)49(74)54(38(21-61)86-56)89-57-50(75)46(71)43(68)37(20-60)85-57/h3-19,37-40,43-52,54-62,64-65,68-77H,20-23H2,1-2H3/t37-,38-,39-,40-,43-,44-,45-,46+,47+,48+,49-,50-,51-,52-,54-,55-,56-,57+,58+,59-/m1/s1. The number of aromatic hydroxyl groups is 3. The van der Waals surface area contributed by atoms with E-state index in [1.54, 1.807) is 0 Å². The second kappa shape index (κ2) is 29.1. The Hall–Kier alpha value is -7.61. The minimum atomic E-state index is -2.19. The van der Waals surface area contributed by atoms with E-state index in [1.807, 2.05) is 0 Å². The van der Waals surface area contributed by atoms with E-state index in [2.05, 4.69) is 0 Å². The molecule has 1 aliphatic carbocycles. The van der Waals surface area contributed by atoms with E-state index in [0.717, 1.165) is 24.3 Å². The van der Waals surface area contributed by atoms with Gasteiger partial charge in [-0.15, -0.1) is 0 Å². The van der Waals surface area contributed by atoms with Crippen molar-refractivity contribution in [2.75, 3.05) is 40.6 Å². The second-order valence-corrected chi connectivity index (χ2v) is 21.0. The lowest BCUT2D eigenvalue weighted by molar-refractivity contribution is -0.358. The molecule has 0 unspecified atom stereocenters. The molecule has 3 aromatic carbocycles. The number of methoxy groups -OCH3 is 2. The molecule has 31 nitrogen and oxygen atoms in total. The number of rotatable bonds is 21. The molecule has 0 radical (unpaired) electrons.